The summed E-state index contributed by atoms with van der Waals surface area (Å²) in [5.74, 6) is 5.25. The van der Waals surface area contributed by atoms with Crippen molar-refractivity contribution >= 4 is 11.6 Å². The predicted molar refractivity (Wildman–Crippen MR) is 74.2 cm³/mol. The summed E-state index contributed by atoms with van der Waals surface area (Å²) < 4.78 is 13.8. The van der Waals surface area contributed by atoms with E-state index in [9.17, 15) is 4.39 Å². The van der Waals surface area contributed by atoms with Crippen molar-refractivity contribution in [3.63, 3.8) is 0 Å². The van der Waals surface area contributed by atoms with Crippen LogP contribution in [0.15, 0.2) is 36.5 Å². The van der Waals surface area contributed by atoms with Gasteiger partial charge in [0.1, 0.15) is 5.82 Å². The number of nitrogens with zero attached hydrogens (tertiary/aromatic N) is 1. The lowest BCUT2D eigenvalue weighted by molar-refractivity contribution is 0.528. The first-order valence-electron chi connectivity index (χ1n) is 5.93. The molecule has 0 fully saturated rings. The maximum atomic E-state index is 13.8. The van der Waals surface area contributed by atoms with Gasteiger partial charge in [-0.2, -0.15) is 0 Å². The molecular weight excluding hydrogens is 265 g/mol. The van der Waals surface area contributed by atoms with E-state index in [0.29, 0.717) is 17.0 Å². The lowest BCUT2D eigenvalue weighted by Crippen LogP contribution is -2.30. The zero-order chi connectivity index (χ0) is 13.8. The molecular formula is C14H15ClFN3. The fraction of sp³-hybridized carbons (Fsp3) is 0.214. The lowest BCUT2D eigenvalue weighted by atomic mass is 9.99. The van der Waals surface area contributed by atoms with Crippen molar-refractivity contribution in [3.05, 3.63) is 64.2 Å². The summed E-state index contributed by atoms with van der Waals surface area (Å²) in [6.07, 6.45) is 2.09. The molecule has 19 heavy (non-hydrogen) atoms. The fourth-order valence-electron chi connectivity index (χ4n) is 1.99. The molecule has 1 heterocycles. The van der Waals surface area contributed by atoms with E-state index in [4.69, 9.17) is 17.4 Å². The minimum absolute atomic E-state index is 0.212. The first-order chi connectivity index (χ1) is 9.11. The third-order valence-electron chi connectivity index (χ3n) is 2.99. The Morgan fingerprint density at radius 3 is 2.84 bits per heavy atom. The summed E-state index contributed by atoms with van der Waals surface area (Å²) in [6, 6.07) is 8.21. The second kappa shape index (κ2) is 6.10. The van der Waals surface area contributed by atoms with Crippen molar-refractivity contribution in [3.8, 4) is 0 Å². The summed E-state index contributed by atoms with van der Waals surface area (Å²) in [6.45, 7) is 1.90. The Kier molecular flexibility index (Phi) is 4.47. The topological polar surface area (TPSA) is 50.9 Å². The van der Waals surface area contributed by atoms with E-state index in [0.717, 1.165) is 11.3 Å². The van der Waals surface area contributed by atoms with Gasteiger partial charge in [0, 0.05) is 22.5 Å². The number of hydrazine groups is 1. The van der Waals surface area contributed by atoms with Crippen LogP contribution >= 0.6 is 11.6 Å². The number of hydrogen-bond acceptors (Lipinski definition) is 3. The van der Waals surface area contributed by atoms with Gasteiger partial charge in [0.2, 0.25) is 0 Å². The molecule has 3 nitrogen and oxygen atoms in total. The van der Waals surface area contributed by atoms with Crippen LogP contribution in [-0.2, 0) is 6.42 Å². The molecule has 2 aromatic rings. The molecule has 0 radical (unpaired) electrons. The highest BCUT2D eigenvalue weighted by Gasteiger charge is 2.15. The largest absolute Gasteiger partial charge is 0.271 e. The predicted octanol–water partition coefficient (Wildman–Crippen LogP) is 2.93. The Balaban J connectivity index is 2.29. The zero-order valence-corrected chi connectivity index (χ0v) is 11.3. The van der Waals surface area contributed by atoms with Gasteiger partial charge in [0.25, 0.3) is 0 Å². The number of hydrogen-bond donors (Lipinski definition) is 2. The number of rotatable bonds is 4. The number of benzene rings is 1. The van der Waals surface area contributed by atoms with Crippen LogP contribution < -0.4 is 11.3 Å². The highest BCUT2D eigenvalue weighted by molar-refractivity contribution is 6.31. The number of halogens is 2. The second-order valence-corrected chi connectivity index (χ2v) is 4.76. The van der Waals surface area contributed by atoms with E-state index in [2.05, 4.69) is 10.4 Å². The Morgan fingerprint density at radius 2 is 2.21 bits per heavy atom. The van der Waals surface area contributed by atoms with Gasteiger partial charge in [-0.1, -0.05) is 17.7 Å². The third kappa shape index (κ3) is 3.29. The molecule has 0 spiro atoms. The lowest BCUT2D eigenvalue weighted by Gasteiger charge is -2.17. The number of nitrogens with two attached hydrogens (primary N) is 1. The molecule has 0 saturated carbocycles. The van der Waals surface area contributed by atoms with Gasteiger partial charge in [-0.25, -0.2) is 4.39 Å². The van der Waals surface area contributed by atoms with Crippen LogP contribution in [0.25, 0.3) is 0 Å². The highest BCUT2D eigenvalue weighted by atomic mass is 35.5. The van der Waals surface area contributed by atoms with Crippen LogP contribution in [0, 0.1) is 12.7 Å². The molecule has 0 bridgehead atoms. The molecule has 1 aromatic carbocycles. The molecule has 0 amide bonds. The minimum Gasteiger partial charge on any atom is -0.271 e. The molecule has 0 saturated heterocycles. The van der Waals surface area contributed by atoms with Crippen molar-refractivity contribution in [2.24, 2.45) is 5.84 Å². The van der Waals surface area contributed by atoms with Crippen molar-refractivity contribution in [2.45, 2.75) is 19.4 Å². The Bertz CT molecular complexity index is 554. The summed E-state index contributed by atoms with van der Waals surface area (Å²) in [4.78, 5) is 4.13. The first-order valence-corrected chi connectivity index (χ1v) is 6.31. The van der Waals surface area contributed by atoms with E-state index in [-0.39, 0.29) is 11.9 Å². The van der Waals surface area contributed by atoms with Gasteiger partial charge >= 0.3 is 0 Å². The molecule has 100 valence electrons. The fourth-order valence-corrected chi connectivity index (χ4v) is 2.23. The van der Waals surface area contributed by atoms with Gasteiger partial charge in [0.15, 0.2) is 0 Å². The average molecular weight is 280 g/mol. The summed E-state index contributed by atoms with van der Waals surface area (Å²) in [5.41, 5.74) is 4.99. The van der Waals surface area contributed by atoms with Gasteiger partial charge < -0.3 is 0 Å². The van der Waals surface area contributed by atoms with Crippen molar-refractivity contribution in [1.82, 2.24) is 10.4 Å². The van der Waals surface area contributed by atoms with E-state index in [1.807, 2.05) is 19.1 Å². The van der Waals surface area contributed by atoms with Crippen LogP contribution in [0.4, 0.5) is 4.39 Å². The molecule has 1 unspecified atom stereocenters. The van der Waals surface area contributed by atoms with Crippen LogP contribution in [-0.4, -0.2) is 4.98 Å². The molecule has 2 rings (SSSR count). The second-order valence-electron chi connectivity index (χ2n) is 4.35. The SMILES string of the molecule is Cc1cc(C(Cc2c(F)cccc2Cl)NN)ccn1. The zero-order valence-electron chi connectivity index (χ0n) is 10.5. The monoisotopic (exact) mass is 279 g/mol. The maximum Gasteiger partial charge on any atom is 0.127 e. The molecule has 0 aliphatic carbocycles. The Hall–Kier alpha value is -1.49. The van der Waals surface area contributed by atoms with E-state index in [1.165, 1.54) is 6.07 Å². The summed E-state index contributed by atoms with van der Waals surface area (Å²) in [7, 11) is 0. The van der Waals surface area contributed by atoms with Crippen molar-refractivity contribution < 1.29 is 4.39 Å². The number of aromatic nitrogens is 1. The maximum absolute atomic E-state index is 13.8. The molecule has 0 aliphatic heterocycles. The number of nitrogens with one attached hydrogen (secondary N) is 1. The summed E-state index contributed by atoms with van der Waals surface area (Å²) in [5, 5.41) is 0.408. The third-order valence-corrected chi connectivity index (χ3v) is 3.35. The van der Waals surface area contributed by atoms with E-state index < -0.39 is 0 Å². The van der Waals surface area contributed by atoms with Crippen LogP contribution in [0.5, 0.6) is 0 Å². The molecule has 1 aromatic heterocycles. The molecule has 5 heteroatoms. The molecule has 1 atom stereocenters. The van der Waals surface area contributed by atoms with E-state index in [1.54, 1.807) is 18.3 Å². The Labute approximate surface area is 116 Å². The highest BCUT2D eigenvalue weighted by Crippen LogP contribution is 2.25. The smallest absolute Gasteiger partial charge is 0.127 e. The van der Waals surface area contributed by atoms with E-state index >= 15 is 0 Å². The van der Waals surface area contributed by atoms with Gasteiger partial charge in [-0.15, -0.1) is 0 Å². The van der Waals surface area contributed by atoms with Crippen molar-refractivity contribution in [1.29, 1.82) is 0 Å². The normalized spacial score (nSPS) is 12.4. The van der Waals surface area contributed by atoms with Gasteiger partial charge in [-0.05, 0) is 43.2 Å². The summed E-state index contributed by atoms with van der Waals surface area (Å²) >= 11 is 6.03. The first kappa shape index (κ1) is 13.9. The quantitative estimate of drug-likeness (QED) is 0.668. The van der Waals surface area contributed by atoms with Gasteiger partial charge in [0.05, 0.1) is 6.04 Å². The van der Waals surface area contributed by atoms with Crippen LogP contribution in [0.2, 0.25) is 5.02 Å². The number of aryl methyl sites for hydroxylation is 1. The van der Waals surface area contributed by atoms with Crippen molar-refractivity contribution in [2.75, 3.05) is 0 Å². The van der Waals surface area contributed by atoms with Crippen LogP contribution in [0.1, 0.15) is 22.9 Å². The minimum atomic E-state index is -0.321. The Morgan fingerprint density at radius 1 is 1.42 bits per heavy atom. The molecule has 0 aliphatic rings. The standard InChI is InChI=1S/C14H15ClFN3/c1-9-7-10(5-6-18-9)14(19-17)8-11-12(15)3-2-4-13(11)16/h2-7,14,19H,8,17H2,1H3. The van der Waals surface area contributed by atoms with Crippen LogP contribution in [0.3, 0.4) is 0 Å². The van der Waals surface area contributed by atoms with Gasteiger partial charge in [-0.3, -0.25) is 16.3 Å². The average Bonchev–Trinajstić information content (AvgIpc) is 2.38. The number of pyridine rings is 1. The molecule has 3 N–H and O–H groups in total.